The first kappa shape index (κ1) is 14.0. The van der Waals surface area contributed by atoms with Gasteiger partial charge in [0.05, 0.1) is 18.8 Å². The summed E-state index contributed by atoms with van der Waals surface area (Å²) >= 11 is 9.29. The molecule has 1 aromatic carbocycles. The van der Waals surface area contributed by atoms with Gasteiger partial charge in [0.2, 0.25) is 0 Å². The second-order valence-corrected chi connectivity index (χ2v) is 4.68. The predicted molar refractivity (Wildman–Crippen MR) is 70.4 cm³/mol. The van der Waals surface area contributed by atoms with Gasteiger partial charge in [0.1, 0.15) is 0 Å². The fraction of sp³-hybridized carbons (Fsp3) is 0.500. The van der Waals surface area contributed by atoms with Crippen LogP contribution in [0.4, 0.5) is 0 Å². The fourth-order valence-electron chi connectivity index (χ4n) is 1.44. The van der Waals surface area contributed by atoms with E-state index in [-0.39, 0.29) is 12.2 Å². The highest BCUT2D eigenvalue weighted by atomic mass is 79.9. The molecule has 4 heteroatoms. The van der Waals surface area contributed by atoms with Crippen molar-refractivity contribution in [2.24, 2.45) is 0 Å². The van der Waals surface area contributed by atoms with Crippen LogP contribution < -0.4 is 0 Å². The molecule has 16 heavy (non-hydrogen) atoms. The van der Waals surface area contributed by atoms with Crippen molar-refractivity contribution < 1.29 is 9.47 Å². The van der Waals surface area contributed by atoms with Gasteiger partial charge in [-0.1, -0.05) is 39.7 Å². The van der Waals surface area contributed by atoms with Gasteiger partial charge >= 0.3 is 0 Å². The molecule has 0 radical (unpaired) electrons. The minimum atomic E-state index is 0.0300. The van der Waals surface area contributed by atoms with E-state index in [0.29, 0.717) is 6.61 Å². The molecule has 0 aliphatic heterocycles. The Labute approximate surface area is 110 Å². The Kier molecular flexibility index (Phi) is 6.36. The van der Waals surface area contributed by atoms with Gasteiger partial charge in [-0.15, -0.1) is 0 Å². The first-order valence-corrected chi connectivity index (χ1v) is 6.63. The molecule has 0 spiro atoms. The summed E-state index contributed by atoms with van der Waals surface area (Å²) in [4.78, 5) is 0. The van der Waals surface area contributed by atoms with Gasteiger partial charge in [0.15, 0.2) is 0 Å². The minimum absolute atomic E-state index is 0.0300. The second-order valence-electron chi connectivity index (χ2n) is 3.60. The average molecular weight is 308 g/mol. The van der Waals surface area contributed by atoms with E-state index in [9.17, 15) is 0 Å². The van der Waals surface area contributed by atoms with Gasteiger partial charge in [-0.3, -0.25) is 0 Å². The molecule has 0 saturated carbocycles. The highest BCUT2D eigenvalue weighted by Crippen LogP contribution is 2.23. The Bertz CT molecular complexity index is 302. The quantitative estimate of drug-likeness (QED) is 0.744. The van der Waals surface area contributed by atoms with E-state index in [1.54, 1.807) is 7.11 Å². The van der Waals surface area contributed by atoms with Crippen LogP contribution in [0.5, 0.6) is 0 Å². The lowest BCUT2D eigenvalue weighted by Crippen LogP contribution is -2.19. The Morgan fingerprint density at radius 2 is 1.94 bits per heavy atom. The molecule has 2 atom stereocenters. The summed E-state index contributed by atoms with van der Waals surface area (Å²) in [6, 6.07) is 7.70. The van der Waals surface area contributed by atoms with Crippen molar-refractivity contribution in [3.05, 3.63) is 34.9 Å². The van der Waals surface area contributed by atoms with Crippen LogP contribution in [0.1, 0.15) is 18.6 Å². The molecule has 1 rings (SSSR count). The third-order valence-corrected chi connectivity index (χ3v) is 3.02. The summed E-state index contributed by atoms with van der Waals surface area (Å²) in [5, 5.41) is 1.49. The van der Waals surface area contributed by atoms with Crippen LogP contribution in [0, 0.1) is 0 Å². The van der Waals surface area contributed by atoms with Crippen LogP contribution in [0.25, 0.3) is 0 Å². The summed E-state index contributed by atoms with van der Waals surface area (Å²) < 4.78 is 10.9. The van der Waals surface area contributed by atoms with Crippen LogP contribution in [-0.4, -0.2) is 25.2 Å². The number of hydrogen-bond donors (Lipinski definition) is 0. The zero-order chi connectivity index (χ0) is 12.0. The second kappa shape index (κ2) is 7.28. The number of hydrogen-bond acceptors (Lipinski definition) is 2. The van der Waals surface area contributed by atoms with Crippen molar-refractivity contribution in [3.63, 3.8) is 0 Å². The molecule has 0 aliphatic rings. The minimum Gasteiger partial charge on any atom is -0.382 e. The van der Waals surface area contributed by atoms with Gasteiger partial charge in [-0.05, 0) is 24.6 Å². The van der Waals surface area contributed by atoms with Crippen LogP contribution in [0.2, 0.25) is 5.02 Å². The van der Waals surface area contributed by atoms with Crippen molar-refractivity contribution >= 4 is 27.5 Å². The first-order valence-electron chi connectivity index (χ1n) is 5.13. The lowest BCUT2D eigenvalue weighted by atomic mass is 10.1. The molecule has 1 aromatic rings. The van der Waals surface area contributed by atoms with Crippen molar-refractivity contribution in [1.29, 1.82) is 0 Å². The van der Waals surface area contributed by atoms with Crippen LogP contribution in [0.3, 0.4) is 0 Å². The molecule has 2 nitrogen and oxygen atoms in total. The first-order chi connectivity index (χ1) is 7.67. The number of benzene rings is 1. The monoisotopic (exact) mass is 306 g/mol. The standard InChI is InChI=1S/C12H16BrClO2/c1-9(8-15-2)16-12(7-13)10-3-5-11(14)6-4-10/h3-6,9,12H,7-8H2,1-2H3. The van der Waals surface area contributed by atoms with Gasteiger partial charge in [-0.2, -0.15) is 0 Å². The van der Waals surface area contributed by atoms with Gasteiger partial charge in [0.25, 0.3) is 0 Å². The zero-order valence-electron chi connectivity index (χ0n) is 9.45. The summed E-state index contributed by atoms with van der Waals surface area (Å²) in [7, 11) is 1.67. The molecule has 0 saturated heterocycles. The average Bonchev–Trinajstić information content (AvgIpc) is 2.27. The van der Waals surface area contributed by atoms with E-state index in [1.807, 2.05) is 31.2 Å². The Balaban J connectivity index is 2.63. The Hall–Kier alpha value is -0.0900. The molecule has 2 unspecified atom stereocenters. The molecule has 0 bridgehead atoms. The molecule has 0 heterocycles. The summed E-state index contributed by atoms with van der Waals surface area (Å²) in [5.41, 5.74) is 1.12. The number of alkyl halides is 1. The van der Waals surface area contributed by atoms with E-state index in [2.05, 4.69) is 15.9 Å². The third-order valence-electron chi connectivity index (χ3n) is 2.18. The molecule has 0 aliphatic carbocycles. The molecule has 90 valence electrons. The van der Waals surface area contributed by atoms with Crippen LogP contribution >= 0.6 is 27.5 Å². The van der Waals surface area contributed by atoms with Gasteiger partial charge in [0, 0.05) is 17.5 Å². The lowest BCUT2D eigenvalue weighted by molar-refractivity contribution is -0.0298. The SMILES string of the molecule is COCC(C)OC(CBr)c1ccc(Cl)cc1. The van der Waals surface area contributed by atoms with E-state index in [4.69, 9.17) is 21.1 Å². The predicted octanol–water partition coefficient (Wildman–Crippen LogP) is 3.83. The van der Waals surface area contributed by atoms with Crippen molar-refractivity contribution in [1.82, 2.24) is 0 Å². The summed E-state index contributed by atoms with van der Waals surface area (Å²) in [5.74, 6) is 0. The maximum Gasteiger partial charge on any atom is 0.0926 e. The van der Waals surface area contributed by atoms with Crippen LogP contribution in [-0.2, 0) is 9.47 Å². The van der Waals surface area contributed by atoms with Crippen molar-refractivity contribution in [3.8, 4) is 0 Å². The third kappa shape index (κ3) is 4.42. The highest BCUT2D eigenvalue weighted by molar-refractivity contribution is 9.09. The van der Waals surface area contributed by atoms with E-state index in [1.165, 1.54) is 0 Å². The topological polar surface area (TPSA) is 18.5 Å². The van der Waals surface area contributed by atoms with Crippen LogP contribution in [0.15, 0.2) is 24.3 Å². The fourth-order valence-corrected chi connectivity index (χ4v) is 2.09. The Morgan fingerprint density at radius 1 is 1.31 bits per heavy atom. The molecule has 0 aromatic heterocycles. The maximum atomic E-state index is 5.85. The number of rotatable bonds is 6. The van der Waals surface area contributed by atoms with E-state index in [0.717, 1.165) is 15.9 Å². The van der Waals surface area contributed by atoms with E-state index >= 15 is 0 Å². The summed E-state index contributed by atoms with van der Waals surface area (Å²) in [6.45, 7) is 2.59. The highest BCUT2D eigenvalue weighted by Gasteiger charge is 2.14. The van der Waals surface area contributed by atoms with Gasteiger partial charge in [-0.25, -0.2) is 0 Å². The van der Waals surface area contributed by atoms with Crippen molar-refractivity contribution in [2.75, 3.05) is 19.0 Å². The number of methoxy groups -OCH3 is 1. The Morgan fingerprint density at radius 3 is 2.44 bits per heavy atom. The molecular weight excluding hydrogens is 291 g/mol. The molecule has 0 amide bonds. The largest absolute Gasteiger partial charge is 0.382 e. The van der Waals surface area contributed by atoms with Gasteiger partial charge < -0.3 is 9.47 Å². The maximum absolute atomic E-state index is 5.85. The number of halogens is 2. The molecular formula is C12H16BrClO2. The number of ether oxygens (including phenoxy) is 2. The normalized spacial score (nSPS) is 14.8. The van der Waals surface area contributed by atoms with Crippen molar-refractivity contribution in [2.45, 2.75) is 19.1 Å². The molecule has 0 fully saturated rings. The smallest absolute Gasteiger partial charge is 0.0926 e. The zero-order valence-corrected chi connectivity index (χ0v) is 11.8. The summed E-state index contributed by atoms with van der Waals surface area (Å²) in [6.07, 6.45) is 0.102. The molecule has 0 N–H and O–H groups in total. The lowest BCUT2D eigenvalue weighted by Gasteiger charge is -2.20. The van der Waals surface area contributed by atoms with E-state index < -0.39 is 0 Å².